The Morgan fingerprint density at radius 3 is 2.47 bits per heavy atom. The Kier molecular flexibility index (Phi) is 3.98. The molecule has 0 radical (unpaired) electrons. The summed E-state index contributed by atoms with van der Waals surface area (Å²) in [6.07, 6.45) is 2.57. The highest BCUT2D eigenvalue weighted by Crippen LogP contribution is 2.31. The van der Waals surface area contributed by atoms with Crippen molar-refractivity contribution in [2.24, 2.45) is 11.1 Å². The highest BCUT2D eigenvalue weighted by molar-refractivity contribution is 5.85. The summed E-state index contributed by atoms with van der Waals surface area (Å²) in [6.45, 7) is 3.40. The van der Waals surface area contributed by atoms with Crippen LogP contribution in [0.4, 0.5) is 0 Å². The third-order valence-electron chi connectivity index (χ3n) is 3.30. The minimum Gasteiger partial charge on any atom is -0.381 e. The van der Waals surface area contributed by atoms with Gasteiger partial charge in [-0.1, -0.05) is 6.92 Å². The molecule has 2 rings (SSSR count). The monoisotopic (exact) mass is 234 g/mol. The number of ether oxygens (including phenoxy) is 1. The Morgan fingerprint density at radius 1 is 1.47 bits per heavy atom. The molecule has 0 bridgehead atoms. The van der Waals surface area contributed by atoms with Gasteiger partial charge in [-0.2, -0.15) is 0 Å². The van der Waals surface area contributed by atoms with Crippen LogP contribution < -0.4 is 11.1 Å². The summed E-state index contributed by atoms with van der Waals surface area (Å²) in [4.78, 5) is 11.9. The number of nitrogens with one attached hydrogen (secondary N) is 1. The standard InChI is InChI=1S/C10H18N2O2.ClH/c1-10(2-4-14-5-3-10)9(13)12-8-6-7(8)11;/h7-8H,2-6,11H2,1H3,(H,12,13);1H. The molecular formula is C10H19ClN2O2. The maximum atomic E-state index is 11.9. The number of hydrogen-bond donors (Lipinski definition) is 2. The molecule has 0 aromatic heterocycles. The molecule has 1 amide bonds. The van der Waals surface area contributed by atoms with E-state index in [0.29, 0.717) is 13.2 Å². The van der Waals surface area contributed by atoms with E-state index in [-0.39, 0.29) is 35.8 Å². The van der Waals surface area contributed by atoms with E-state index >= 15 is 0 Å². The van der Waals surface area contributed by atoms with Gasteiger partial charge in [-0.15, -0.1) is 12.4 Å². The largest absolute Gasteiger partial charge is 0.381 e. The molecule has 3 N–H and O–H groups in total. The summed E-state index contributed by atoms with van der Waals surface area (Å²) >= 11 is 0. The second kappa shape index (κ2) is 4.68. The molecule has 4 nitrogen and oxygen atoms in total. The molecule has 88 valence electrons. The smallest absolute Gasteiger partial charge is 0.226 e. The third kappa shape index (κ3) is 2.83. The first-order chi connectivity index (χ1) is 6.62. The van der Waals surface area contributed by atoms with Crippen LogP contribution in [0.25, 0.3) is 0 Å². The number of halogens is 1. The van der Waals surface area contributed by atoms with E-state index in [1.807, 2.05) is 6.92 Å². The van der Waals surface area contributed by atoms with E-state index in [0.717, 1.165) is 19.3 Å². The van der Waals surface area contributed by atoms with Crippen LogP contribution in [0, 0.1) is 5.41 Å². The molecule has 2 aliphatic rings. The van der Waals surface area contributed by atoms with Crippen LogP contribution in [0.1, 0.15) is 26.2 Å². The number of carbonyl (C=O) groups excluding carboxylic acids is 1. The van der Waals surface area contributed by atoms with Gasteiger partial charge in [-0.3, -0.25) is 4.79 Å². The molecule has 0 aromatic rings. The topological polar surface area (TPSA) is 64.4 Å². The first kappa shape index (κ1) is 12.7. The number of carbonyl (C=O) groups is 1. The summed E-state index contributed by atoms with van der Waals surface area (Å²) < 4.78 is 5.25. The van der Waals surface area contributed by atoms with Gasteiger partial charge >= 0.3 is 0 Å². The fraction of sp³-hybridized carbons (Fsp3) is 0.900. The molecule has 0 spiro atoms. The normalized spacial score (nSPS) is 32.7. The zero-order valence-electron chi connectivity index (χ0n) is 8.99. The van der Waals surface area contributed by atoms with Crippen molar-refractivity contribution in [1.29, 1.82) is 0 Å². The fourth-order valence-electron chi connectivity index (χ4n) is 1.77. The zero-order chi connectivity index (χ0) is 10.2. The highest BCUT2D eigenvalue weighted by atomic mass is 35.5. The molecule has 15 heavy (non-hydrogen) atoms. The van der Waals surface area contributed by atoms with Crippen molar-refractivity contribution in [2.45, 2.75) is 38.3 Å². The molecule has 2 unspecified atom stereocenters. The molecule has 5 heteroatoms. The van der Waals surface area contributed by atoms with E-state index in [2.05, 4.69) is 5.32 Å². The van der Waals surface area contributed by atoms with Gasteiger partial charge in [0.25, 0.3) is 0 Å². The Bertz CT molecular complexity index is 242. The van der Waals surface area contributed by atoms with Crippen LogP contribution in [0.15, 0.2) is 0 Å². The summed E-state index contributed by atoms with van der Waals surface area (Å²) in [7, 11) is 0. The molecule has 1 aliphatic carbocycles. The van der Waals surface area contributed by atoms with Gasteiger partial charge in [0.1, 0.15) is 0 Å². The lowest BCUT2D eigenvalue weighted by Crippen LogP contribution is -2.44. The third-order valence-corrected chi connectivity index (χ3v) is 3.30. The second-order valence-electron chi connectivity index (χ2n) is 4.65. The lowest BCUT2D eigenvalue weighted by Gasteiger charge is -2.32. The molecule has 1 heterocycles. The first-order valence-corrected chi connectivity index (χ1v) is 5.26. The van der Waals surface area contributed by atoms with Gasteiger partial charge in [-0.25, -0.2) is 0 Å². The Morgan fingerprint density at radius 2 is 2.00 bits per heavy atom. The molecule has 0 aromatic carbocycles. The lowest BCUT2D eigenvalue weighted by molar-refractivity contribution is -0.135. The van der Waals surface area contributed by atoms with Crippen LogP contribution in [0.2, 0.25) is 0 Å². The van der Waals surface area contributed by atoms with Crippen LogP contribution >= 0.6 is 12.4 Å². The number of rotatable bonds is 2. The van der Waals surface area contributed by atoms with E-state index in [9.17, 15) is 4.79 Å². The van der Waals surface area contributed by atoms with Crippen molar-refractivity contribution >= 4 is 18.3 Å². The predicted octanol–water partition coefficient (Wildman–Crippen LogP) is 0.441. The summed E-state index contributed by atoms with van der Waals surface area (Å²) in [5.74, 6) is 0.152. The van der Waals surface area contributed by atoms with E-state index in [1.54, 1.807) is 0 Å². The van der Waals surface area contributed by atoms with Crippen molar-refractivity contribution in [3.8, 4) is 0 Å². The van der Waals surface area contributed by atoms with Crippen molar-refractivity contribution in [3.63, 3.8) is 0 Å². The molecule has 1 aliphatic heterocycles. The Labute approximate surface area is 96.3 Å². The summed E-state index contributed by atoms with van der Waals surface area (Å²) in [6, 6.07) is 0.407. The van der Waals surface area contributed by atoms with Gasteiger partial charge in [0.05, 0.1) is 5.41 Å². The zero-order valence-corrected chi connectivity index (χ0v) is 9.81. The van der Waals surface area contributed by atoms with Gasteiger partial charge in [0.2, 0.25) is 5.91 Å². The van der Waals surface area contributed by atoms with Gasteiger partial charge in [-0.05, 0) is 19.3 Å². The minimum absolute atomic E-state index is 0. The number of amides is 1. The van der Waals surface area contributed by atoms with E-state index < -0.39 is 0 Å². The second-order valence-corrected chi connectivity index (χ2v) is 4.65. The van der Waals surface area contributed by atoms with E-state index in [4.69, 9.17) is 10.5 Å². The number of hydrogen-bond acceptors (Lipinski definition) is 3. The van der Waals surface area contributed by atoms with Crippen LogP contribution in [-0.4, -0.2) is 31.2 Å². The first-order valence-electron chi connectivity index (χ1n) is 5.26. The van der Waals surface area contributed by atoms with Gasteiger partial charge in [0.15, 0.2) is 0 Å². The average molecular weight is 235 g/mol. The summed E-state index contributed by atoms with van der Waals surface area (Å²) in [5.41, 5.74) is 5.41. The van der Waals surface area contributed by atoms with Crippen LogP contribution in [-0.2, 0) is 9.53 Å². The Balaban J connectivity index is 0.00000112. The average Bonchev–Trinajstić information content (AvgIpc) is 2.83. The Hall–Kier alpha value is -0.320. The maximum absolute atomic E-state index is 11.9. The quantitative estimate of drug-likeness (QED) is 0.729. The molecule has 1 saturated heterocycles. The molecule has 1 saturated carbocycles. The molecule has 2 atom stereocenters. The van der Waals surface area contributed by atoms with Gasteiger partial charge < -0.3 is 15.8 Å². The highest BCUT2D eigenvalue weighted by Gasteiger charge is 2.41. The molecular weight excluding hydrogens is 216 g/mol. The van der Waals surface area contributed by atoms with Crippen molar-refractivity contribution in [1.82, 2.24) is 5.32 Å². The minimum atomic E-state index is -0.236. The van der Waals surface area contributed by atoms with E-state index in [1.165, 1.54) is 0 Å². The number of nitrogens with two attached hydrogens (primary N) is 1. The lowest BCUT2D eigenvalue weighted by atomic mass is 9.81. The SMILES string of the molecule is CC1(C(=O)NC2CC2N)CCOCC1.Cl. The van der Waals surface area contributed by atoms with Crippen molar-refractivity contribution in [3.05, 3.63) is 0 Å². The van der Waals surface area contributed by atoms with Crippen LogP contribution in [0.3, 0.4) is 0 Å². The van der Waals surface area contributed by atoms with Gasteiger partial charge in [0, 0.05) is 25.3 Å². The van der Waals surface area contributed by atoms with Crippen LogP contribution in [0.5, 0.6) is 0 Å². The van der Waals surface area contributed by atoms with Crippen molar-refractivity contribution < 1.29 is 9.53 Å². The predicted molar refractivity (Wildman–Crippen MR) is 59.9 cm³/mol. The fourth-order valence-corrected chi connectivity index (χ4v) is 1.77. The molecule has 2 fully saturated rings. The summed E-state index contributed by atoms with van der Waals surface area (Å²) in [5, 5.41) is 2.99. The van der Waals surface area contributed by atoms with Crippen molar-refractivity contribution in [2.75, 3.05) is 13.2 Å². The maximum Gasteiger partial charge on any atom is 0.226 e.